The minimum Gasteiger partial charge on any atom is -0.491 e. The van der Waals surface area contributed by atoms with E-state index in [-0.39, 0.29) is 0 Å². The number of morpholine rings is 1. The molecule has 0 saturated carbocycles. The molecule has 0 spiro atoms. The molecule has 1 aromatic carbocycles. The van der Waals surface area contributed by atoms with Gasteiger partial charge in [-0.1, -0.05) is 27.5 Å². The molecule has 0 unspecified atom stereocenters. The molecule has 1 aliphatic heterocycles. The molecule has 106 valence electrons. The van der Waals surface area contributed by atoms with Gasteiger partial charge >= 0.3 is 0 Å². The van der Waals surface area contributed by atoms with Gasteiger partial charge in [0.1, 0.15) is 12.4 Å². The first-order valence-electron chi connectivity index (χ1n) is 6.50. The van der Waals surface area contributed by atoms with Gasteiger partial charge in [0.15, 0.2) is 0 Å². The van der Waals surface area contributed by atoms with Gasteiger partial charge < -0.3 is 9.47 Å². The predicted molar refractivity (Wildman–Crippen MR) is 81.1 cm³/mol. The summed E-state index contributed by atoms with van der Waals surface area (Å²) >= 11 is 9.49. The molecule has 1 aromatic rings. The molecule has 0 bridgehead atoms. The van der Waals surface area contributed by atoms with Gasteiger partial charge in [-0.05, 0) is 32.0 Å². The number of halogens is 2. The van der Waals surface area contributed by atoms with Crippen molar-refractivity contribution >= 4 is 27.5 Å². The summed E-state index contributed by atoms with van der Waals surface area (Å²) < 4.78 is 12.4. The Kier molecular flexibility index (Phi) is 5.51. The molecule has 0 radical (unpaired) electrons. The van der Waals surface area contributed by atoms with Crippen molar-refractivity contribution < 1.29 is 9.47 Å². The molecule has 2 rings (SSSR count). The van der Waals surface area contributed by atoms with E-state index in [0.29, 0.717) is 23.8 Å². The van der Waals surface area contributed by atoms with Crippen LogP contribution in [0, 0.1) is 0 Å². The quantitative estimate of drug-likeness (QED) is 0.830. The zero-order chi connectivity index (χ0) is 13.8. The van der Waals surface area contributed by atoms with E-state index in [1.165, 1.54) is 0 Å². The van der Waals surface area contributed by atoms with Gasteiger partial charge in [0.2, 0.25) is 0 Å². The molecule has 1 fully saturated rings. The van der Waals surface area contributed by atoms with Crippen LogP contribution < -0.4 is 4.74 Å². The van der Waals surface area contributed by atoms with Gasteiger partial charge in [0.05, 0.1) is 17.2 Å². The maximum Gasteiger partial charge on any atom is 0.138 e. The Bertz CT molecular complexity index is 420. The first-order chi connectivity index (χ1) is 9.04. The van der Waals surface area contributed by atoms with E-state index in [9.17, 15) is 0 Å². The highest BCUT2D eigenvalue weighted by Crippen LogP contribution is 2.27. The summed E-state index contributed by atoms with van der Waals surface area (Å²) in [6, 6.07) is 5.66. The van der Waals surface area contributed by atoms with Gasteiger partial charge in [0.25, 0.3) is 0 Å². The second kappa shape index (κ2) is 6.93. The van der Waals surface area contributed by atoms with Crippen LogP contribution in [0.25, 0.3) is 0 Å². The lowest BCUT2D eigenvalue weighted by Crippen LogP contribution is -2.46. The molecule has 1 aliphatic rings. The average molecular weight is 349 g/mol. The summed E-state index contributed by atoms with van der Waals surface area (Å²) in [7, 11) is 0. The van der Waals surface area contributed by atoms with Crippen LogP contribution in [0.2, 0.25) is 5.02 Å². The van der Waals surface area contributed by atoms with E-state index in [0.717, 1.165) is 29.9 Å². The third kappa shape index (κ3) is 4.63. The fraction of sp³-hybridized carbons (Fsp3) is 0.571. The molecule has 3 nitrogen and oxygen atoms in total. The van der Waals surface area contributed by atoms with Crippen molar-refractivity contribution in [3.05, 3.63) is 27.7 Å². The Morgan fingerprint density at radius 2 is 2.05 bits per heavy atom. The Hall–Kier alpha value is -0.290. The summed E-state index contributed by atoms with van der Waals surface area (Å²) in [5, 5.41) is 0.637. The zero-order valence-electron chi connectivity index (χ0n) is 11.2. The number of benzene rings is 1. The van der Waals surface area contributed by atoms with Crippen LogP contribution in [0.4, 0.5) is 0 Å². The third-order valence-corrected chi connectivity index (χ3v) is 3.84. The molecular weight excluding hydrogens is 330 g/mol. The number of hydrogen-bond acceptors (Lipinski definition) is 3. The van der Waals surface area contributed by atoms with Crippen LogP contribution in [0.5, 0.6) is 5.75 Å². The van der Waals surface area contributed by atoms with Crippen molar-refractivity contribution in [2.75, 3.05) is 26.2 Å². The number of nitrogens with zero attached hydrogens (tertiary/aromatic N) is 1. The molecular formula is C14H19BrClNO2. The van der Waals surface area contributed by atoms with Crippen molar-refractivity contribution in [1.29, 1.82) is 0 Å². The third-order valence-electron chi connectivity index (χ3n) is 3.05. The first kappa shape index (κ1) is 15.1. The van der Waals surface area contributed by atoms with E-state index in [2.05, 4.69) is 34.7 Å². The van der Waals surface area contributed by atoms with Crippen LogP contribution in [0.15, 0.2) is 22.7 Å². The Balaban J connectivity index is 1.80. The van der Waals surface area contributed by atoms with Crippen molar-refractivity contribution in [1.82, 2.24) is 4.90 Å². The molecule has 2 atom stereocenters. The van der Waals surface area contributed by atoms with Crippen LogP contribution >= 0.6 is 27.5 Å². The van der Waals surface area contributed by atoms with Crippen molar-refractivity contribution in [3.8, 4) is 5.75 Å². The fourth-order valence-electron chi connectivity index (χ4n) is 2.34. The van der Waals surface area contributed by atoms with Gasteiger partial charge in [-0.25, -0.2) is 0 Å². The van der Waals surface area contributed by atoms with E-state index >= 15 is 0 Å². The summed E-state index contributed by atoms with van der Waals surface area (Å²) in [6.45, 7) is 7.67. The molecule has 1 heterocycles. The second-order valence-electron chi connectivity index (χ2n) is 4.94. The predicted octanol–water partition coefficient (Wildman–Crippen LogP) is 3.59. The zero-order valence-corrected chi connectivity index (χ0v) is 13.6. The van der Waals surface area contributed by atoms with Crippen LogP contribution in [0.1, 0.15) is 13.8 Å². The van der Waals surface area contributed by atoms with Gasteiger partial charge in [0, 0.05) is 24.1 Å². The van der Waals surface area contributed by atoms with E-state index in [4.69, 9.17) is 21.1 Å². The molecule has 0 amide bonds. The van der Waals surface area contributed by atoms with E-state index < -0.39 is 0 Å². The number of rotatable bonds is 4. The smallest absolute Gasteiger partial charge is 0.138 e. The number of ether oxygens (including phenoxy) is 2. The molecule has 1 saturated heterocycles. The molecule has 19 heavy (non-hydrogen) atoms. The Morgan fingerprint density at radius 3 is 2.68 bits per heavy atom. The van der Waals surface area contributed by atoms with Gasteiger partial charge in [-0.3, -0.25) is 4.90 Å². The molecule has 0 aromatic heterocycles. The monoisotopic (exact) mass is 347 g/mol. The summed E-state index contributed by atoms with van der Waals surface area (Å²) in [5.41, 5.74) is 0. The minimum absolute atomic E-state index is 0.292. The standard InChI is InChI=1S/C14H19BrClNO2/c1-10-8-17(9-11(2)19-10)5-6-18-14-4-3-12(15)7-13(14)16/h3-4,7,10-11H,5-6,8-9H2,1-2H3/t10-,11+. The highest BCUT2D eigenvalue weighted by Gasteiger charge is 2.21. The lowest BCUT2D eigenvalue weighted by molar-refractivity contribution is -0.0699. The minimum atomic E-state index is 0.292. The SMILES string of the molecule is C[C@@H]1CN(CCOc2ccc(Br)cc2Cl)C[C@H](C)O1. The maximum atomic E-state index is 6.11. The summed E-state index contributed by atoms with van der Waals surface area (Å²) in [4.78, 5) is 2.37. The van der Waals surface area contributed by atoms with Crippen molar-refractivity contribution in [3.63, 3.8) is 0 Å². The molecule has 0 aliphatic carbocycles. The Labute approximate surface area is 128 Å². The van der Waals surface area contributed by atoms with Gasteiger partial charge in [-0.15, -0.1) is 0 Å². The topological polar surface area (TPSA) is 21.7 Å². The highest BCUT2D eigenvalue weighted by atomic mass is 79.9. The second-order valence-corrected chi connectivity index (χ2v) is 6.26. The van der Waals surface area contributed by atoms with Crippen LogP contribution in [-0.2, 0) is 4.74 Å². The summed E-state index contributed by atoms with van der Waals surface area (Å²) in [5.74, 6) is 0.735. The van der Waals surface area contributed by atoms with E-state index in [1.54, 1.807) is 0 Å². The van der Waals surface area contributed by atoms with Crippen LogP contribution in [-0.4, -0.2) is 43.3 Å². The Morgan fingerprint density at radius 1 is 1.37 bits per heavy atom. The normalized spacial score (nSPS) is 24.4. The number of hydrogen-bond donors (Lipinski definition) is 0. The molecule has 5 heteroatoms. The van der Waals surface area contributed by atoms with Gasteiger partial charge in [-0.2, -0.15) is 0 Å². The lowest BCUT2D eigenvalue weighted by atomic mass is 10.2. The largest absolute Gasteiger partial charge is 0.491 e. The molecule has 0 N–H and O–H groups in total. The first-order valence-corrected chi connectivity index (χ1v) is 7.67. The average Bonchev–Trinajstić information content (AvgIpc) is 2.30. The fourth-order valence-corrected chi connectivity index (χ4v) is 3.07. The van der Waals surface area contributed by atoms with Crippen molar-refractivity contribution in [2.24, 2.45) is 0 Å². The van der Waals surface area contributed by atoms with E-state index in [1.807, 2.05) is 18.2 Å². The van der Waals surface area contributed by atoms with Crippen molar-refractivity contribution in [2.45, 2.75) is 26.1 Å². The lowest BCUT2D eigenvalue weighted by Gasteiger charge is -2.35. The van der Waals surface area contributed by atoms with Crippen LogP contribution in [0.3, 0.4) is 0 Å². The highest BCUT2D eigenvalue weighted by molar-refractivity contribution is 9.10. The maximum absolute atomic E-state index is 6.11. The summed E-state index contributed by atoms with van der Waals surface area (Å²) in [6.07, 6.45) is 0.583.